The molecule has 162 valence electrons. The fraction of sp³-hybridized carbons (Fsp3) is 0.308. The third-order valence-electron chi connectivity index (χ3n) is 5.76. The first-order valence-corrected chi connectivity index (χ1v) is 10.7. The van der Waals surface area contributed by atoms with E-state index in [0.717, 1.165) is 30.9 Å². The lowest BCUT2D eigenvalue weighted by atomic mass is 9.93. The van der Waals surface area contributed by atoms with Gasteiger partial charge in [-0.2, -0.15) is 0 Å². The normalized spacial score (nSPS) is 15.5. The fourth-order valence-electron chi connectivity index (χ4n) is 4.14. The van der Waals surface area contributed by atoms with Crippen LogP contribution in [0.15, 0.2) is 48.5 Å². The molecule has 3 aromatic rings. The van der Waals surface area contributed by atoms with E-state index in [0.29, 0.717) is 30.4 Å². The molecule has 0 bridgehead atoms. The van der Waals surface area contributed by atoms with Gasteiger partial charge in [0.25, 0.3) is 0 Å². The Labute approximate surface area is 179 Å². The zero-order valence-corrected chi connectivity index (χ0v) is 17.4. The molecule has 0 fully saturated rings. The van der Waals surface area contributed by atoms with Gasteiger partial charge in [-0.1, -0.05) is 31.9 Å². The minimum atomic E-state index is -0.688. The van der Waals surface area contributed by atoms with Gasteiger partial charge in [0.05, 0.1) is 5.56 Å². The topological polar surface area (TPSA) is 9.23 Å². The van der Waals surface area contributed by atoms with Crippen molar-refractivity contribution in [2.45, 2.75) is 51.6 Å². The van der Waals surface area contributed by atoms with E-state index in [9.17, 15) is 17.6 Å². The van der Waals surface area contributed by atoms with E-state index in [-0.39, 0.29) is 22.7 Å². The highest BCUT2D eigenvalue weighted by Gasteiger charge is 2.26. The number of hydrogen-bond acceptors (Lipinski definition) is 1. The molecular weight excluding hydrogens is 404 g/mol. The maximum atomic E-state index is 14.9. The molecule has 0 amide bonds. The minimum absolute atomic E-state index is 0.0846. The van der Waals surface area contributed by atoms with Crippen LogP contribution in [0.4, 0.5) is 17.6 Å². The summed E-state index contributed by atoms with van der Waals surface area (Å²) < 4.78 is 63.4. The van der Waals surface area contributed by atoms with Crippen molar-refractivity contribution in [3.8, 4) is 16.9 Å². The number of ether oxygens (including phenoxy) is 1. The molecule has 1 heterocycles. The Kier molecular flexibility index (Phi) is 6.30. The Morgan fingerprint density at radius 3 is 2.26 bits per heavy atom. The maximum absolute atomic E-state index is 14.9. The number of fused-ring (bicyclic) bond motifs is 1. The third-order valence-corrected chi connectivity index (χ3v) is 5.76. The quantitative estimate of drug-likeness (QED) is 0.289. The monoisotopic (exact) mass is 428 g/mol. The second kappa shape index (κ2) is 9.13. The van der Waals surface area contributed by atoms with E-state index < -0.39 is 23.6 Å². The molecule has 1 unspecified atom stereocenters. The van der Waals surface area contributed by atoms with Crippen molar-refractivity contribution in [1.29, 1.82) is 0 Å². The summed E-state index contributed by atoms with van der Waals surface area (Å²) in [6, 6.07) is 11.3. The summed E-state index contributed by atoms with van der Waals surface area (Å²) >= 11 is 0. The van der Waals surface area contributed by atoms with Crippen LogP contribution in [0, 0.1) is 23.3 Å². The molecule has 1 nitrogen and oxygen atoms in total. The number of aryl methyl sites for hydroxylation is 2. The van der Waals surface area contributed by atoms with Crippen molar-refractivity contribution < 1.29 is 22.3 Å². The Bertz CT molecular complexity index is 1050. The Hall–Kier alpha value is -2.82. The molecule has 3 aromatic carbocycles. The average molecular weight is 428 g/mol. The van der Waals surface area contributed by atoms with Crippen LogP contribution in [0.5, 0.6) is 5.75 Å². The maximum Gasteiger partial charge on any atom is 0.166 e. The van der Waals surface area contributed by atoms with Crippen LogP contribution in [-0.2, 0) is 12.8 Å². The molecule has 1 aliphatic heterocycles. The summed E-state index contributed by atoms with van der Waals surface area (Å²) in [5.41, 5.74) is 1.87. The fourth-order valence-corrected chi connectivity index (χ4v) is 4.14. The summed E-state index contributed by atoms with van der Waals surface area (Å²) in [5.74, 6) is -2.30. The van der Waals surface area contributed by atoms with Crippen LogP contribution in [0.25, 0.3) is 11.1 Å². The molecule has 0 radical (unpaired) electrons. The van der Waals surface area contributed by atoms with E-state index >= 15 is 0 Å². The lowest BCUT2D eigenvalue weighted by Gasteiger charge is -2.27. The predicted molar refractivity (Wildman–Crippen MR) is 113 cm³/mol. The highest BCUT2D eigenvalue weighted by Crippen LogP contribution is 2.40. The van der Waals surface area contributed by atoms with Crippen LogP contribution in [0.3, 0.4) is 0 Å². The summed E-state index contributed by atoms with van der Waals surface area (Å²) in [5, 5.41) is 0. The van der Waals surface area contributed by atoms with Gasteiger partial charge in [0.2, 0.25) is 0 Å². The van der Waals surface area contributed by atoms with Gasteiger partial charge in [-0.05, 0) is 84.3 Å². The van der Waals surface area contributed by atoms with Crippen molar-refractivity contribution in [3.05, 3.63) is 88.5 Å². The zero-order valence-electron chi connectivity index (χ0n) is 17.4. The van der Waals surface area contributed by atoms with Crippen LogP contribution in [-0.4, -0.2) is 0 Å². The molecule has 1 atom stereocenters. The third kappa shape index (κ3) is 4.60. The molecule has 4 rings (SSSR count). The molecular formula is C26H24F4O. The molecule has 0 aliphatic carbocycles. The lowest BCUT2D eigenvalue weighted by Crippen LogP contribution is -2.16. The number of benzene rings is 3. The molecule has 0 aromatic heterocycles. The van der Waals surface area contributed by atoms with Crippen molar-refractivity contribution in [1.82, 2.24) is 0 Å². The smallest absolute Gasteiger partial charge is 0.166 e. The van der Waals surface area contributed by atoms with Crippen LogP contribution in [0.1, 0.15) is 55.4 Å². The molecule has 0 N–H and O–H groups in total. The van der Waals surface area contributed by atoms with Crippen molar-refractivity contribution in [2.75, 3.05) is 0 Å². The van der Waals surface area contributed by atoms with Gasteiger partial charge in [-0.25, -0.2) is 17.6 Å². The predicted octanol–water partition coefficient (Wildman–Crippen LogP) is 7.71. The number of rotatable bonds is 6. The summed E-state index contributed by atoms with van der Waals surface area (Å²) in [6.45, 7) is 2.07. The van der Waals surface area contributed by atoms with Crippen LogP contribution in [0.2, 0.25) is 0 Å². The molecule has 0 spiro atoms. The molecule has 5 heteroatoms. The first-order valence-electron chi connectivity index (χ1n) is 10.7. The zero-order chi connectivity index (χ0) is 22.0. The molecule has 31 heavy (non-hydrogen) atoms. The Balaban J connectivity index is 1.61. The molecule has 0 saturated carbocycles. The highest BCUT2D eigenvalue weighted by atomic mass is 19.1. The Morgan fingerprint density at radius 1 is 0.871 bits per heavy atom. The number of hydrogen-bond donors (Lipinski definition) is 0. The van der Waals surface area contributed by atoms with E-state index in [2.05, 4.69) is 6.92 Å². The van der Waals surface area contributed by atoms with Crippen LogP contribution >= 0.6 is 0 Å². The first kappa shape index (κ1) is 21.4. The van der Waals surface area contributed by atoms with Crippen molar-refractivity contribution >= 4 is 0 Å². The summed E-state index contributed by atoms with van der Waals surface area (Å²) in [7, 11) is 0. The standard InChI is InChI=1S/C26H24F4O/c1-2-3-4-5-16-12-21(28)25(22(29)13-16)19-14-18-8-11-24(31-26(18)23(30)15-19)17-6-9-20(27)10-7-17/h6-7,9-10,12-15,24H,2-5,8,11H2,1H3. The van der Waals surface area contributed by atoms with Crippen molar-refractivity contribution in [3.63, 3.8) is 0 Å². The highest BCUT2D eigenvalue weighted by molar-refractivity contribution is 5.68. The van der Waals surface area contributed by atoms with E-state index in [1.54, 1.807) is 18.2 Å². The number of halogens is 4. The second-order valence-corrected chi connectivity index (χ2v) is 8.03. The van der Waals surface area contributed by atoms with Gasteiger partial charge in [0.15, 0.2) is 11.6 Å². The van der Waals surface area contributed by atoms with Gasteiger partial charge >= 0.3 is 0 Å². The number of unbranched alkanes of at least 4 members (excludes halogenated alkanes) is 2. The minimum Gasteiger partial charge on any atom is -0.482 e. The summed E-state index contributed by atoms with van der Waals surface area (Å²) in [4.78, 5) is 0. The summed E-state index contributed by atoms with van der Waals surface area (Å²) in [6.07, 6.45) is 4.16. The molecule has 1 aliphatic rings. The largest absolute Gasteiger partial charge is 0.482 e. The van der Waals surface area contributed by atoms with Crippen molar-refractivity contribution in [2.24, 2.45) is 0 Å². The van der Waals surface area contributed by atoms with E-state index in [1.165, 1.54) is 24.3 Å². The van der Waals surface area contributed by atoms with Gasteiger partial charge < -0.3 is 4.74 Å². The van der Waals surface area contributed by atoms with E-state index in [1.807, 2.05) is 0 Å². The van der Waals surface area contributed by atoms with Gasteiger partial charge in [0, 0.05) is 0 Å². The van der Waals surface area contributed by atoms with Gasteiger partial charge in [-0.3, -0.25) is 0 Å². The second-order valence-electron chi connectivity index (χ2n) is 8.03. The molecule has 0 saturated heterocycles. The lowest BCUT2D eigenvalue weighted by molar-refractivity contribution is 0.168. The van der Waals surface area contributed by atoms with Gasteiger partial charge in [-0.15, -0.1) is 0 Å². The Morgan fingerprint density at radius 2 is 1.58 bits per heavy atom. The average Bonchev–Trinajstić information content (AvgIpc) is 2.74. The van der Waals surface area contributed by atoms with E-state index in [4.69, 9.17) is 4.74 Å². The SMILES string of the molecule is CCCCCc1cc(F)c(-c2cc(F)c3c(c2)CCC(c2ccc(F)cc2)O3)c(F)c1. The van der Waals surface area contributed by atoms with Gasteiger partial charge in [0.1, 0.15) is 23.6 Å². The van der Waals surface area contributed by atoms with Crippen LogP contribution < -0.4 is 4.74 Å². The first-order chi connectivity index (χ1) is 15.0.